The molecule has 2 N–H and O–H groups in total. The van der Waals surface area contributed by atoms with E-state index in [1.165, 1.54) is 0 Å². The Morgan fingerprint density at radius 3 is 1.31 bits per heavy atom. The van der Waals surface area contributed by atoms with Crippen LogP contribution >= 0.6 is 0 Å². The quantitative estimate of drug-likeness (QED) is 0.693. The van der Waals surface area contributed by atoms with E-state index in [2.05, 4.69) is 0 Å². The van der Waals surface area contributed by atoms with Crippen molar-refractivity contribution < 1.29 is 10.2 Å². The second kappa shape index (κ2) is 2.96. The van der Waals surface area contributed by atoms with Crippen molar-refractivity contribution in [3.8, 4) is 0 Å². The Labute approximate surface area is 81.0 Å². The number of rotatable bonds is 2. The molecule has 0 aromatic heterocycles. The lowest BCUT2D eigenvalue weighted by molar-refractivity contribution is -0.163. The number of hydrogen-bond donors (Lipinski definition) is 2. The maximum atomic E-state index is 10.1. The first-order chi connectivity index (χ1) is 5.71. The molecule has 0 atom stereocenters. The molecule has 0 aliphatic heterocycles. The summed E-state index contributed by atoms with van der Waals surface area (Å²) in [7, 11) is 0. The molecule has 0 saturated heterocycles. The molecule has 0 aromatic carbocycles. The lowest BCUT2D eigenvalue weighted by atomic mass is 9.62. The van der Waals surface area contributed by atoms with Crippen molar-refractivity contribution in [1.29, 1.82) is 0 Å². The number of aliphatic hydroxyl groups is 2. The average molecular weight is 186 g/mol. The molecular formula is C11H22O2. The summed E-state index contributed by atoms with van der Waals surface area (Å²) in [5.74, 6) is 0. The highest BCUT2D eigenvalue weighted by Crippen LogP contribution is 2.53. The van der Waals surface area contributed by atoms with E-state index in [0.717, 1.165) is 25.7 Å². The van der Waals surface area contributed by atoms with Crippen molar-refractivity contribution in [2.75, 3.05) is 0 Å². The second-order valence-electron chi connectivity index (χ2n) is 5.41. The van der Waals surface area contributed by atoms with Gasteiger partial charge in [-0.15, -0.1) is 0 Å². The minimum atomic E-state index is -0.790. The zero-order valence-corrected chi connectivity index (χ0v) is 9.22. The molecule has 0 amide bonds. The summed E-state index contributed by atoms with van der Waals surface area (Å²) < 4.78 is 0. The van der Waals surface area contributed by atoms with Gasteiger partial charge in [-0.2, -0.15) is 0 Å². The third kappa shape index (κ3) is 1.62. The van der Waals surface area contributed by atoms with Gasteiger partial charge in [-0.25, -0.2) is 0 Å². The van der Waals surface area contributed by atoms with Gasteiger partial charge in [0.15, 0.2) is 0 Å². The Kier molecular flexibility index (Phi) is 2.50. The fourth-order valence-electron chi connectivity index (χ4n) is 2.95. The topological polar surface area (TPSA) is 40.5 Å². The second-order valence-corrected chi connectivity index (χ2v) is 5.41. The zero-order chi connectivity index (χ0) is 10.3. The molecule has 0 heterocycles. The van der Waals surface area contributed by atoms with Crippen molar-refractivity contribution >= 4 is 0 Å². The van der Waals surface area contributed by atoms with Crippen molar-refractivity contribution in [2.45, 2.75) is 64.6 Å². The molecule has 1 rings (SSSR count). The highest BCUT2D eigenvalue weighted by atomic mass is 16.3. The van der Waals surface area contributed by atoms with Crippen LogP contribution in [-0.4, -0.2) is 21.4 Å². The first kappa shape index (κ1) is 11.0. The van der Waals surface area contributed by atoms with Crippen LogP contribution < -0.4 is 0 Å². The summed E-state index contributed by atoms with van der Waals surface area (Å²) in [5, 5.41) is 20.3. The summed E-state index contributed by atoms with van der Waals surface area (Å²) in [6, 6.07) is 0. The van der Waals surface area contributed by atoms with Crippen molar-refractivity contribution in [3.63, 3.8) is 0 Å². The highest BCUT2D eigenvalue weighted by molar-refractivity contribution is 5.05. The normalized spacial score (nSPS) is 23.5. The van der Waals surface area contributed by atoms with E-state index < -0.39 is 11.2 Å². The van der Waals surface area contributed by atoms with Gasteiger partial charge in [0.05, 0.1) is 11.2 Å². The smallest absolute Gasteiger partial charge is 0.0674 e. The van der Waals surface area contributed by atoms with Gasteiger partial charge in [0.2, 0.25) is 0 Å². The van der Waals surface area contributed by atoms with Crippen molar-refractivity contribution in [1.82, 2.24) is 0 Å². The minimum absolute atomic E-state index is 0.319. The first-order valence-corrected chi connectivity index (χ1v) is 5.15. The van der Waals surface area contributed by atoms with Crippen LogP contribution in [0.2, 0.25) is 0 Å². The van der Waals surface area contributed by atoms with E-state index in [0.29, 0.717) is 0 Å². The third-order valence-corrected chi connectivity index (χ3v) is 3.80. The van der Waals surface area contributed by atoms with Gasteiger partial charge >= 0.3 is 0 Å². The summed E-state index contributed by atoms with van der Waals surface area (Å²) in [4.78, 5) is 0. The minimum Gasteiger partial charge on any atom is -0.390 e. The van der Waals surface area contributed by atoms with E-state index in [-0.39, 0.29) is 5.41 Å². The summed E-state index contributed by atoms with van der Waals surface area (Å²) in [6.07, 6.45) is 4.10. The molecule has 0 bridgehead atoms. The van der Waals surface area contributed by atoms with Crippen LogP contribution in [0.3, 0.4) is 0 Å². The van der Waals surface area contributed by atoms with Gasteiger partial charge in [0, 0.05) is 5.41 Å². The van der Waals surface area contributed by atoms with E-state index in [4.69, 9.17) is 0 Å². The predicted molar refractivity (Wildman–Crippen MR) is 53.5 cm³/mol. The monoisotopic (exact) mass is 186 g/mol. The van der Waals surface area contributed by atoms with Crippen LogP contribution in [0.15, 0.2) is 0 Å². The van der Waals surface area contributed by atoms with Crippen molar-refractivity contribution in [2.24, 2.45) is 5.41 Å². The molecule has 1 aliphatic rings. The van der Waals surface area contributed by atoms with Crippen LogP contribution in [0.1, 0.15) is 53.4 Å². The van der Waals surface area contributed by atoms with Crippen molar-refractivity contribution in [3.05, 3.63) is 0 Å². The summed E-state index contributed by atoms with van der Waals surface area (Å²) >= 11 is 0. The van der Waals surface area contributed by atoms with Gasteiger partial charge < -0.3 is 10.2 Å². The van der Waals surface area contributed by atoms with Crippen LogP contribution in [0.4, 0.5) is 0 Å². The standard InChI is InChI=1S/C11H22O2/c1-9(2,12)11(10(3,4)13)7-5-6-8-11/h12-13H,5-8H2,1-4H3. The molecule has 0 radical (unpaired) electrons. The van der Waals surface area contributed by atoms with Crippen LogP contribution in [0.5, 0.6) is 0 Å². The molecule has 2 heteroatoms. The summed E-state index contributed by atoms with van der Waals surface area (Å²) in [6.45, 7) is 7.26. The highest BCUT2D eigenvalue weighted by Gasteiger charge is 2.54. The van der Waals surface area contributed by atoms with Crippen LogP contribution in [0.25, 0.3) is 0 Å². The Morgan fingerprint density at radius 2 is 1.15 bits per heavy atom. The molecular weight excluding hydrogens is 164 g/mol. The van der Waals surface area contributed by atoms with Gasteiger partial charge in [-0.3, -0.25) is 0 Å². The Hall–Kier alpha value is -0.0800. The SMILES string of the molecule is CC(C)(O)C1(C(C)(C)O)CCCC1. The zero-order valence-electron chi connectivity index (χ0n) is 9.22. The van der Waals surface area contributed by atoms with E-state index >= 15 is 0 Å². The molecule has 13 heavy (non-hydrogen) atoms. The van der Waals surface area contributed by atoms with E-state index in [9.17, 15) is 10.2 Å². The maximum absolute atomic E-state index is 10.1. The fourth-order valence-corrected chi connectivity index (χ4v) is 2.95. The molecule has 1 fully saturated rings. The average Bonchev–Trinajstić information content (AvgIpc) is 2.28. The van der Waals surface area contributed by atoms with E-state index in [1.807, 2.05) is 27.7 Å². The van der Waals surface area contributed by atoms with Gasteiger partial charge in [-0.05, 0) is 40.5 Å². The molecule has 1 saturated carbocycles. The largest absolute Gasteiger partial charge is 0.390 e. The molecule has 78 valence electrons. The lowest BCUT2D eigenvalue weighted by Crippen LogP contribution is -2.55. The van der Waals surface area contributed by atoms with Crippen LogP contribution in [0, 0.1) is 5.41 Å². The van der Waals surface area contributed by atoms with Crippen LogP contribution in [-0.2, 0) is 0 Å². The molecule has 1 aliphatic carbocycles. The Balaban J connectivity index is 3.02. The van der Waals surface area contributed by atoms with Gasteiger partial charge in [-0.1, -0.05) is 12.8 Å². The third-order valence-electron chi connectivity index (χ3n) is 3.80. The Morgan fingerprint density at radius 1 is 0.846 bits per heavy atom. The molecule has 2 nitrogen and oxygen atoms in total. The van der Waals surface area contributed by atoms with E-state index in [1.54, 1.807) is 0 Å². The molecule has 0 unspecified atom stereocenters. The fraction of sp³-hybridized carbons (Fsp3) is 1.00. The molecule has 0 aromatic rings. The van der Waals surface area contributed by atoms with Gasteiger partial charge in [0.25, 0.3) is 0 Å². The summed E-state index contributed by atoms with van der Waals surface area (Å²) in [5.41, 5.74) is -1.90. The maximum Gasteiger partial charge on any atom is 0.0674 e. The lowest BCUT2D eigenvalue weighted by Gasteiger charge is -2.49. The predicted octanol–water partition coefficient (Wildman–Crippen LogP) is 2.09. The molecule has 0 spiro atoms. The van der Waals surface area contributed by atoms with Gasteiger partial charge in [0.1, 0.15) is 0 Å². The first-order valence-electron chi connectivity index (χ1n) is 5.15. The number of hydrogen-bond acceptors (Lipinski definition) is 2. The Bertz CT molecular complexity index is 161.